The Morgan fingerprint density at radius 2 is 1.85 bits per heavy atom. The standard InChI is InChI=1S/C20H31ClN2O2.ClH/c1-20(2,3)23-19(24)14-25-18-11-10-16(21)12-15(18)13-22-17-8-6-4-5-7-9-17;/h10-12,17,22H,4-9,13-14H2,1-3H3,(H,23,24);1H. The van der Waals surface area contributed by atoms with E-state index < -0.39 is 0 Å². The zero-order chi connectivity index (χ0) is 18.3. The van der Waals surface area contributed by atoms with Gasteiger partial charge in [0.05, 0.1) is 0 Å². The number of carbonyl (C=O) groups excluding carboxylic acids is 1. The third kappa shape index (κ3) is 8.61. The number of carbonyl (C=O) groups is 1. The van der Waals surface area contributed by atoms with Gasteiger partial charge in [0, 0.05) is 28.7 Å². The van der Waals surface area contributed by atoms with Gasteiger partial charge in [0.25, 0.3) is 5.91 Å². The summed E-state index contributed by atoms with van der Waals surface area (Å²) in [6.45, 7) is 6.58. The van der Waals surface area contributed by atoms with E-state index in [-0.39, 0.29) is 30.5 Å². The van der Waals surface area contributed by atoms with Crippen LogP contribution in [-0.2, 0) is 11.3 Å². The number of hydrogen-bond acceptors (Lipinski definition) is 3. The number of ether oxygens (including phenoxy) is 1. The highest BCUT2D eigenvalue weighted by molar-refractivity contribution is 6.30. The molecule has 2 N–H and O–H groups in total. The van der Waals surface area contributed by atoms with E-state index in [2.05, 4.69) is 10.6 Å². The first-order chi connectivity index (χ1) is 11.8. The fourth-order valence-corrected chi connectivity index (χ4v) is 3.36. The molecule has 0 unspecified atom stereocenters. The molecular formula is C20H32Cl2N2O2. The van der Waals surface area contributed by atoms with Crippen molar-refractivity contribution in [2.75, 3.05) is 6.61 Å². The highest BCUT2D eigenvalue weighted by Crippen LogP contribution is 2.24. The molecule has 1 fully saturated rings. The molecular weight excluding hydrogens is 371 g/mol. The van der Waals surface area contributed by atoms with Gasteiger partial charge in [-0.25, -0.2) is 0 Å². The maximum absolute atomic E-state index is 12.0. The molecule has 1 aliphatic carbocycles. The third-order valence-electron chi connectivity index (χ3n) is 4.33. The molecule has 0 aromatic heterocycles. The first-order valence-corrected chi connectivity index (χ1v) is 9.67. The maximum Gasteiger partial charge on any atom is 0.258 e. The second kappa shape index (κ2) is 11.0. The van der Waals surface area contributed by atoms with Crippen molar-refractivity contribution in [3.05, 3.63) is 28.8 Å². The van der Waals surface area contributed by atoms with Crippen molar-refractivity contribution in [1.82, 2.24) is 10.6 Å². The number of benzene rings is 1. The molecule has 0 bridgehead atoms. The van der Waals surface area contributed by atoms with Gasteiger partial charge in [0.1, 0.15) is 5.75 Å². The SMILES string of the molecule is CC(C)(C)NC(=O)COc1ccc(Cl)cc1CNC1CCCCCC1.Cl. The quantitative estimate of drug-likeness (QED) is 0.667. The molecule has 1 saturated carbocycles. The van der Waals surface area contributed by atoms with Crippen LogP contribution in [0, 0.1) is 0 Å². The highest BCUT2D eigenvalue weighted by atomic mass is 35.5. The van der Waals surface area contributed by atoms with E-state index in [0.29, 0.717) is 17.6 Å². The highest BCUT2D eigenvalue weighted by Gasteiger charge is 2.16. The fourth-order valence-electron chi connectivity index (χ4n) is 3.16. The molecule has 0 aliphatic heterocycles. The Balaban J connectivity index is 0.00000338. The Bertz CT molecular complexity index is 565. The molecule has 0 saturated heterocycles. The summed E-state index contributed by atoms with van der Waals surface area (Å²) in [4.78, 5) is 12.0. The Morgan fingerprint density at radius 3 is 2.46 bits per heavy atom. The van der Waals surface area contributed by atoms with Crippen molar-refractivity contribution in [2.24, 2.45) is 0 Å². The molecule has 1 aromatic carbocycles. The van der Waals surface area contributed by atoms with E-state index in [1.165, 1.54) is 38.5 Å². The van der Waals surface area contributed by atoms with Gasteiger partial charge in [-0.15, -0.1) is 12.4 Å². The molecule has 6 heteroatoms. The van der Waals surface area contributed by atoms with Crippen molar-refractivity contribution in [3.8, 4) is 5.75 Å². The predicted molar refractivity (Wildman–Crippen MR) is 110 cm³/mol. The Hall–Kier alpha value is -0.970. The average Bonchev–Trinajstić information content (AvgIpc) is 2.79. The zero-order valence-corrected chi connectivity index (χ0v) is 17.6. The third-order valence-corrected chi connectivity index (χ3v) is 4.57. The minimum absolute atomic E-state index is 0. The van der Waals surface area contributed by atoms with E-state index in [1.807, 2.05) is 32.9 Å². The smallest absolute Gasteiger partial charge is 0.258 e. The second-order valence-corrected chi connectivity index (χ2v) is 8.34. The van der Waals surface area contributed by atoms with Gasteiger partial charge in [-0.2, -0.15) is 0 Å². The molecule has 0 atom stereocenters. The van der Waals surface area contributed by atoms with E-state index in [1.54, 1.807) is 6.07 Å². The first kappa shape index (κ1) is 23.1. The molecule has 26 heavy (non-hydrogen) atoms. The van der Waals surface area contributed by atoms with Crippen molar-refractivity contribution in [1.29, 1.82) is 0 Å². The van der Waals surface area contributed by atoms with Crippen LogP contribution in [0.1, 0.15) is 64.9 Å². The minimum atomic E-state index is -0.260. The summed E-state index contributed by atoms with van der Waals surface area (Å²) in [5, 5.41) is 7.22. The predicted octanol–water partition coefficient (Wildman–Crippen LogP) is 4.87. The summed E-state index contributed by atoms with van der Waals surface area (Å²) in [5.74, 6) is 0.597. The van der Waals surface area contributed by atoms with Crippen LogP contribution in [0.4, 0.5) is 0 Å². The van der Waals surface area contributed by atoms with Crippen LogP contribution >= 0.6 is 24.0 Å². The normalized spacial score (nSPS) is 15.7. The molecule has 4 nitrogen and oxygen atoms in total. The largest absolute Gasteiger partial charge is 0.483 e. The van der Waals surface area contributed by atoms with Gasteiger partial charge in [-0.1, -0.05) is 37.3 Å². The van der Waals surface area contributed by atoms with Crippen LogP contribution in [0.3, 0.4) is 0 Å². The van der Waals surface area contributed by atoms with Crippen molar-refractivity contribution >= 4 is 29.9 Å². The molecule has 1 aromatic rings. The lowest BCUT2D eigenvalue weighted by Gasteiger charge is -2.21. The monoisotopic (exact) mass is 402 g/mol. The number of rotatable bonds is 6. The van der Waals surface area contributed by atoms with Crippen molar-refractivity contribution in [2.45, 2.75) is 77.4 Å². The maximum atomic E-state index is 12.0. The number of hydrogen-bond donors (Lipinski definition) is 2. The molecule has 1 aliphatic rings. The van der Waals surface area contributed by atoms with Crippen LogP contribution in [0.2, 0.25) is 5.02 Å². The molecule has 0 heterocycles. The Kier molecular flexibility index (Phi) is 9.77. The van der Waals surface area contributed by atoms with Gasteiger partial charge in [-0.05, 0) is 51.8 Å². The molecule has 0 radical (unpaired) electrons. The second-order valence-electron chi connectivity index (χ2n) is 7.91. The van der Waals surface area contributed by atoms with Gasteiger partial charge < -0.3 is 15.4 Å². The summed E-state index contributed by atoms with van der Waals surface area (Å²) in [7, 11) is 0. The van der Waals surface area contributed by atoms with E-state index in [0.717, 1.165) is 11.3 Å². The summed E-state index contributed by atoms with van der Waals surface area (Å²) in [6, 6.07) is 6.12. The minimum Gasteiger partial charge on any atom is -0.483 e. The first-order valence-electron chi connectivity index (χ1n) is 9.29. The molecule has 148 valence electrons. The number of halogens is 2. The lowest BCUT2D eigenvalue weighted by Crippen LogP contribution is -2.43. The summed E-state index contributed by atoms with van der Waals surface area (Å²) in [6.07, 6.45) is 7.72. The summed E-state index contributed by atoms with van der Waals surface area (Å²) in [5.41, 5.74) is 0.741. The number of nitrogens with one attached hydrogen (secondary N) is 2. The summed E-state index contributed by atoms with van der Waals surface area (Å²) < 4.78 is 5.75. The van der Waals surface area contributed by atoms with Gasteiger partial charge >= 0.3 is 0 Å². The number of amides is 1. The van der Waals surface area contributed by atoms with E-state index in [9.17, 15) is 4.79 Å². The van der Waals surface area contributed by atoms with Gasteiger partial charge in [-0.3, -0.25) is 4.79 Å². The lowest BCUT2D eigenvalue weighted by molar-refractivity contribution is -0.124. The molecule has 0 spiro atoms. The van der Waals surface area contributed by atoms with Crippen LogP contribution in [0.15, 0.2) is 18.2 Å². The molecule has 2 rings (SSSR count). The average molecular weight is 403 g/mol. The Labute approximate surface area is 168 Å². The van der Waals surface area contributed by atoms with Gasteiger partial charge in [0.15, 0.2) is 6.61 Å². The van der Waals surface area contributed by atoms with Crippen LogP contribution < -0.4 is 15.4 Å². The topological polar surface area (TPSA) is 50.4 Å². The lowest BCUT2D eigenvalue weighted by atomic mass is 10.1. The van der Waals surface area contributed by atoms with E-state index in [4.69, 9.17) is 16.3 Å². The molecule has 1 amide bonds. The van der Waals surface area contributed by atoms with Crippen LogP contribution in [0.25, 0.3) is 0 Å². The van der Waals surface area contributed by atoms with Crippen LogP contribution in [0.5, 0.6) is 5.75 Å². The fraction of sp³-hybridized carbons (Fsp3) is 0.650. The zero-order valence-electron chi connectivity index (χ0n) is 16.1. The van der Waals surface area contributed by atoms with Crippen molar-refractivity contribution in [3.63, 3.8) is 0 Å². The summed E-state index contributed by atoms with van der Waals surface area (Å²) >= 11 is 6.15. The van der Waals surface area contributed by atoms with Crippen LogP contribution in [-0.4, -0.2) is 24.1 Å². The Morgan fingerprint density at radius 1 is 1.19 bits per heavy atom. The van der Waals surface area contributed by atoms with Gasteiger partial charge in [0.2, 0.25) is 0 Å². The van der Waals surface area contributed by atoms with Crippen molar-refractivity contribution < 1.29 is 9.53 Å². The van der Waals surface area contributed by atoms with E-state index >= 15 is 0 Å².